The third-order valence-electron chi connectivity index (χ3n) is 4.46. The number of hydrogen-bond acceptors (Lipinski definition) is 2. The van der Waals surface area contributed by atoms with Crippen LogP contribution < -0.4 is 5.32 Å². The first-order chi connectivity index (χ1) is 11.8. The molecule has 3 aromatic rings. The number of hydrogen-bond donors (Lipinski definition) is 2. The lowest BCUT2D eigenvalue weighted by atomic mass is 10.0. The number of carbonyl (C=O) groups excluding carboxylic acids is 1. The Morgan fingerprint density at radius 3 is 2.58 bits per heavy atom. The second-order valence-electron chi connectivity index (χ2n) is 6.18. The van der Waals surface area contributed by atoms with E-state index >= 15 is 0 Å². The van der Waals surface area contributed by atoms with Gasteiger partial charge in [-0.05, 0) is 23.6 Å². The second-order valence-corrected chi connectivity index (χ2v) is 6.18. The lowest BCUT2D eigenvalue weighted by Gasteiger charge is -2.23. The largest absolute Gasteiger partial charge is 0.361 e. The van der Waals surface area contributed by atoms with Crippen LogP contribution in [0.1, 0.15) is 11.1 Å². The van der Waals surface area contributed by atoms with Gasteiger partial charge in [0.15, 0.2) is 0 Å². The van der Waals surface area contributed by atoms with Crippen molar-refractivity contribution in [3.8, 4) is 0 Å². The van der Waals surface area contributed by atoms with Gasteiger partial charge in [0, 0.05) is 29.7 Å². The zero-order valence-corrected chi connectivity index (χ0v) is 13.3. The first-order valence-corrected chi connectivity index (χ1v) is 8.22. The Balaban J connectivity index is 1.48. The summed E-state index contributed by atoms with van der Waals surface area (Å²) in [5.74, 6) is 0.00344. The maximum atomic E-state index is 12.4. The molecule has 0 saturated heterocycles. The normalized spacial score (nSPS) is 20.2. The van der Waals surface area contributed by atoms with E-state index < -0.39 is 0 Å². The highest BCUT2D eigenvalue weighted by Gasteiger charge is 2.25. The molecule has 0 fully saturated rings. The van der Waals surface area contributed by atoms with Crippen molar-refractivity contribution < 1.29 is 4.79 Å². The molecule has 1 aromatic heterocycles. The highest BCUT2D eigenvalue weighted by Crippen LogP contribution is 2.20. The summed E-state index contributed by atoms with van der Waals surface area (Å²) in [6.45, 7) is 0. The van der Waals surface area contributed by atoms with Gasteiger partial charge >= 0.3 is 0 Å². The van der Waals surface area contributed by atoms with Crippen LogP contribution in [0.3, 0.4) is 0 Å². The number of nitrogens with zero attached hydrogens (tertiary/aromatic N) is 1. The molecular formula is C20H19N3O. The van der Waals surface area contributed by atoms with Gasteiger partial charge in [-0.15, -0.1) is 0 Å². The molecule has 2 heterocycles. The molecule has 1 amide bonds. The molecule has 0 radical (unpaired) electrons. The van der Waals surface area contributed by atoms with Crippen molar-refractivity contribution in [2.45, 2.75) is 24.9 Å². The Morgan fingerprint density at radius 1 is 0.958 bits per heavy atom. The number of aromatic nitrogens is 1. The lowest BCUT2D eigenvalue weighted by Crippen LogP contribution is -2.47. The smallest absolute Gasteiger partial charge is 0.245 e. The van der Waals surface area contributed by atoms with Gasteiger partial charge in [0.25, 0.3) is 0 Å². The molecule has 2 atom stereocenters. The number of aromatic amines is 1. The van der Waals surface area contributed by atoms with E-state index in [1.54, 1.807) is 0 Å². The summed E-state index contributed by atoms with van der Waals surface area (Å²) in [5, 5.41) is 4.24. The number of para-hydroxylation sites is 1. The number of amides is 1. The van der Waals surface area contributed by atoms with Gasteiger partial charge in [-0.3, -0.25) is 9.79 Å². The second kappa shape index (κ2) is 6.32. The topological polar surface area (TPSA) is 57.2 Å². The SMILES string of the molecule is O=C1N[C@@H](Cc2ccccc2)C=N[C@H]1Cc1c[nH]c2ccccc12. The van der Waals surface area contributed by atoms with E-state index in [-0.39, 0.29) is 18.0 Å². The molecule has 4 nitrogen and oxygen atoms in total. The van der Waals surface area contributed by atoms with Crippen molar-refractivity contribution >= 4 is 23.0 Å². The third kappa shape index (κ3) is 2.95. The summed E-state index contributed by atoms with van der Waals surface area (Å²) in [5.41, 5.74) is 3.42. The van der Waals surface area contributed by atoms with E-state index in [0.29, 0.717) is 6.42 Å². The van der Waals surface area contributed by atoms with Crippen LogP contribution in [0.25, 0.3) is 10.9 Å². The first kappa shape index (κ1) is 14.7. The molecule has 0 saturated carbocycles. The van der Waals surface area contributed by atoms with Gasteiger partial charge in [-0.25, -0.2) is 0 Å². The number of benzene rings is 2. The Kier molecular flexibility index (Phi) is 3.87. The summed E-state index contributed by atoms with van der Waals surface area (Å²) in [7, 11) is 0. The van der Waals surface area contributed by atoms with Crippen LogP contribution in [0, 0.1) is 0 Å². The summed E-state index contributed by atoms with van der Waals surface area (Å²) >= 11 is 0. The molecule has 1 aliphatic rings. The van der Waals surface area contributed by atoms with Gasteiger partial charge in [0.2, 0.25) is 5.91 Å². The van der Waals surface area contributed by atoms with E-state index in [1.165, 1.54) is 5.56 Å². The predicted molar refractivity (Wildman–Crippen MR) is 96.4 cm³/mol. The fourth-order valence-electron chi connectivity index (χ4n) is 3.22. The molecule has 2 aromatic carbocycles. The number of nitrogens with one attached hydrogen (secondary N) is 2. The third-order valence-corrected chi connectivity index (χ3v) is 4.46. The molecule has 4 rings (SSSR count). The molecule has 120 valence electrons. The molecule has 0 bridgehead atoms. The summed E-state index contributed by atoms with van der Waals surface area (Å²) in [6, 6.07) is 17.9. The van der Waals surface area contributed by atoms with E-state index in [1.807, 2.05) is 48.8 Å². The summed E-state index contributed by atoms with van der Waals surface area (Å²) in [6.07, 6.45) is 5.25. The number of rotatable bonds is 4. The van der Waals surface area contributed by atoms with E-state index in [0.717, 1.165) is 22.9 Å². The molecule has 2 N–H and O–H groups in total. The maximum Gasteiger partial charge on any atom is 0.245 e. The highest BCUT2D eigenvalue weighted by molar-refractivity contribution is 5.91. The molecule has 0 spiro atoms. The van der Waals surface area contributed by atoms with Crippen LogP contribution in [0.15, 0.2) is 65.8 Å². The Hall–Kier alpha value is -2.88. The van der Waals surface area contributed by atoms with Crippen LogP contribution >= 0.6 is 0 Å². The summed E-state index contributed by atoms with van der Waals surface area (Å²) in [4.78, 5) is 20.2. The van der Waals surface area contributed by atoms with Crippen molar-refractivity contribution in [1.29, 1.82) is 0 Å². The average Bonchev–Trinajstić information content (AvgIpc) is 3.01. The van der Waals surface area contributed by atoms with Crippen molar-refractivity contribution in [3.05, 3.63) is 71.9 Å². The lowest BCUT2D eigenvalue weighted by molar-refractivity contribution is -0.122. The van der Waals surface area contributed by atoms with E-state index in [9.17, 15) is 4.79 Å². The first-order valence-electron chi connectivity index (χ1n) is 8.22. The quantitative estimate of drug-likeness (QED) is 0.764. The van der Waals surface area contributed by atoms with Crippen LogP contribution in [0.2, 0.25) is 0 Å². The minimum Gasteiger partial charge on any atom is -0.361 e. The van der Waals surface area contributed by atoms with Crippen LogP contribution in [0.4, 0.5) is 0 Å². The molecule has 1 aliphatic heterocycles. The Bertz CT molecular complexity index is 882. The minimum absolute atomic E-state index is 0.00344. The number of fused-ring (bicyclic) bond motifs is 1. The van der Waals surface area contributed by atoms with Crippen molar-refractivity contribution in [3.63, 3.8) is 0 Å². The number of carbonyl (C=O) groups is 1. The van der Waals surface area contributed by atoms with Crippen molar-refractivity contribution in [2.24, 2.45) is 4.99 Å². The van der Waals surface area contributed by atoms with E-state index in [4.69, 9.17) is 0 Å². The van der Waals surface area contributed by atoms with Gasteiger partial charge in [-0.2, -0.15) is 0 Å². The zero-order chi connectivity index (χ0) is 16.4. The van der Waals surface area contributed by atoms with Crippen LogP contribution in [0.5, 0.6) is 0 Å². The van der Waals surface area contributed by atoms with Gasteiger partial charge in [0.1, 0.15) is 6.04 Å². The van der Waals surface area contributed by atoms with Crippen molar-refractivity contribution in [1.82, 2.24) is 10.3 Å². The highest BCUT2D eigenvalue weighted by atomic mass is 16.2. The van der Waals surface area contributed by atoms with Crippen LogP contribution in [-0.4, -0.2) is 29.2 Å². The average molecular weight is 317 g/mol. The maximum absolute atomic E-state index is 12.4. The van der Waals surface area contributed by atoms with E-state index in [2.05, 4.69) is 33.5 Å². The number of H-pyrrole nitrogens is 1. The number of aliphatic imine (C=N–C) groups is 1. The molecular weight excluding hydrogens is 298 g/mol. The standard InChI is InChI=1S/C20H19N3O/c24-20-19(11-15-12-21-18-9-5-4-8-17(15)18)22-13-16(23-20)10-14-6-2-1-3-7-14/h1-9,12-13,16,19,21H,10-11H2,(H,23,24)/t16-,19-/m0/s1. The molecule has 24 heavy (non-hydrogen) atoms. The van der Waals surface area contributed by atoms with Crippen molar-refractivity contribution in [2.75, 3.05) is 0 Å². The van der Waals surface area contributed by atoms with Gasteiger partial charge in [0.05, 0.1) is 6.04 Å². The van der Waals surface area contributed by atoms with Crippen LogP contribution in [-0.2, 0) is 17.6 Å². The zero-order valence-electron chi connectivity index (χ0n) is 13.3. The summed E-state index contributed by atoms with van der Waals surface area (Å²) < 4.78 is 0. The monoisotopic (exact) mass is 317 g/mol. The fraction of sp³-hybridized carbons (Fsp3) is 0.200. The fourth-order valence-corrected chi connectivity index (χ4v) is 3.22. The predicted octanol–water partition coefficient (Wildman–Crippen LogP) is 2.89. The Labute approximate surface area is 140 Å². The molecule has 0 unspecified atom stereocenters. The molecule has 4 heteroatoms. The molecule has 0 aliphatic carbocycles. The minimum atomic E-state index is -0.351. The Morgan fingerprint density at radius 2 is 1.75 bits per heavy atom. The van der Waals surface area contributed by atoms with Gasteiger partial charge in [-0.1, -0.05) is 48.5 Å². The van der Waals surface area contributed by atoms with Gasteiger partial charge < -0.3 is 10.3 Å².